The number of nitrogens with one attached hydrogen (secondary N) is 2. The summed E-state index contributed by atoms with van der Waals surface area (Å²) in [4.78, 5) is 20.7. The first-order chi connectivity index (χ1) is 14.3. The Bertz CT molecular complexity index is 1290. The van der Waals surface area contributed by atoms with Gasteiger partial charge in [0.05, 0.1) is 21.2 Å². The maximum Gasteiger partial charge on any atom is 0.255 e. The third kappa shape index (κ3) is 3.84. The molecule has 4 aromatic rings. The zero-order chi connectivity index (χ0) is 21.3. The number of carbonyl (C=O) groups excluding carboxylic acids is 1. The number of aromatic nitrogens is 2. The van der Waals surface area contributed by atoms with Gasteiger partial charge in [-0.15, -0.1) is 0 Å². The molecule has 0 aliphatic heterocycles. The summed E-state index contributed by atoms with van der Waals surface area (Å²) in [6.07, 6.45) is 0. The number of amides is 1. The molecule has 1 aromatic heterocycles. The van der Waals surface area contributed by atoms with E-state index in [4.69, 9.17) is 0 Å². The number of aromatic amines is 1. The van der Waals surface area contributed by atoms with Crippen molar-refractivity contribution in [2.24, 2.45) is 0 Å². The summed E-state index contributed by atoms with van der Waals surface area (Å²) in [6, 6.07) is 21.1. The quantitative estimate of drug-likeness (QED) is 0.492. The van der Waals surface area contributed by atoms with Crippen LogP contribution in [-0.2, 0) is 9.84 Å². The van der Waals surface area contributed by atoms with Gasteiger partial charge in [0, 0.05) is 16.8 Å². The predicted octanol–water partition coefficient (Wildman–Crippen LogP) is 4.66. The molecule has 0 fully saturated rings. The lowest BCUT2D eigenvalue weighted by molar-refractivity contribution is 0.102. The Balaban J connectivity index is 1.54. The van der Waals surface area contributed by atoms with Crippen molar-refractivity contribution < 1.29 is 13.2 Å². The molecule has 30 heavy (non-hydrogen) atoms. The number of H-pyrrole nitrogens is 1. The monoisotopic (exact) mass is 419 g/mol. The Labute approximate surface area is 174 Å². The predicted molar refractivity (Wildman–Crippen MR) is 118 cm³/mol. The second-order valence-electron chi connectivity index (χ2n) is 7.26. The van der Waals surface area contributed by atoms with Crippen molar-refractivity contribution >= 4 is 32.5 Å². The third-order valence-corrected chi connectivity index (χ3v) is 7.02. The molecular formula is C23H21N3O3S. The van der Waals surface area contributed by atoms with Crippen LogP contribution in [0.2, 0.25) is 0 Å². The maximum atomic E-state index is 12.6. The molecule has 0 aliphatic carbocycles. The summed E-state index contributed by atoms with van der Waals surface area (Å²) in [5.41, 5.74) is 3.67. The zero-order valence-corrected chi connectivity index (χ0v) is 17.4. The van der Waals surface area contributed by atoms with E-state index in [1.54, 1.807) is 19.9 Å². The lowest BCUT2D eigenvalue weighted by atomic mass is 10.1. The first kappa shape index (κ1) is 19.8. The van der Waals surface area contributed by atoms with E-state index >= 15 is 0 Å². The van der Waals surface area contributed by atoms with Crippen LogP contribution >= 0.6 is 0 Å². The van der Waals surface area contributed by atoms with Crippen LogP contribution in [0.1, 0.15) is 24.2 Å². The van der Waals surface area contributed by atoms with E-state index in [0.29, 0.717) is 11.3 Å². The van der Waals surface area contributed by atoms with Crippen molar-refractivity contribution in [2.75, 3.05) is 5.32 Å². The van der Waals surface area contributed by atoms with E-state index in [1.807, 2.05) is 42.5 Å². The van der Waals surface area contributed by atoms with Crippen LogP contribution in [0.25, 0.3) is 22.4 Å². The van der Waals surface area contributed by atoms with E-state index in [1.165, 1.54) is 24.3 Å². The third-order valence-electron chi connectivity index (χ3n) is 4.85. The topological polar surface area (TPSA) is 91.9 Å². The van der Waals surface area contributed by atoms with Crippen molar-refractivity contribution in [3.8, 4) is 11.4 Å². The molecular weight excluding hydrogens is 398 g/mol. The van der Waals surface area contributed by atoms with Gasteiger partial charge in [-0.05, 0) is 62.4 Å². The summed E-state index contributed by atoms with van der Waals surface area (Å²) in [6.45, 7) is 3.26. The normalized spacial score (nSPS) is 11.7. The van der Waals surface area contributed by atoms with Crippen LogP contribution < -0.4 is 5.32 Å². The highest BCUT2D eigenvalue weighted by atomic mass is 32.2. The molecule has 0 unspecified atom stereocenters. The van der Waals surface area contributed by atoms with Gasteiger partial charge in [-0.25, -0.2) is 13.4 Å². The zero-order valence-electron chi connectivity index (χ0n) is 16.6. The number of benzene rings is 3. The number of imidazole rings is 1. The summed E-state index contributed by atoms with van der Waals surface area (Å²) < 4.78 is 24.5. The highest BCUT2D eigenvalue weighted by Crippen LogP contribution is 2.23. The number of hydrogen-bond donors (Lipinski definition) is 2. The van der Waals surface area contributed by atoms with Crippen LogP contribution in [0.4, 0.5) is 5.69 Å². The van der Waals surface area contributed by atoms with Gasteiger partial charge in [-0.1, -0.05) is 24.3 Å². The summed E-state index contributed by atoms with van der Waals surface area (Å²) in [5.74, 6) is 0.404. The maximum absolute atomic E-state index is 12.6. The minimum Gasteiger partial charge on any atom is -0.338 e. The average molecular weight is 420 g/mol. The molecule has 0 spiro atoms. The molecule has 0 radical (unpaired) electrons. The van der Waals surface area contributed by atoms with Gasteiger partial charge in [-0.2, -0.15) is 0 Å². The SMILES string of the molecule is CC(C)S(=O)(=O)c1ccc(C(=O)Nc2cccc(-c3nc4ccccc4[nH]3)c2)cc1. The van der Waals surface area contributed by atoms with E-state index < -0.39 is 15.1 Å². The fourth-order valence-electron chi connectivity index (χ4n) is 3.11. The molecule has 0 saturated carbocycles. The summed E-state index contributed by atoms with van der Waals surface area (Å²) in [5, 5.41) is 2.34. The summed E-state index contributed by atoms with van der Waals surface area (Å²) >= 11 is 0. The van der Waals surface area contributed by atoms with Crippen molar-refractivity contribution in [3.63, 3.8) is 0 Å². The Morgan fingerprint density at radius 2 is 1.70 bits per heavy atom. The molecule has 0 bridgehead atoms. The van der Waals surface area contributed by atoms with E-state index in [0.717, 1.165) is 22.4 Å². The van der Waals surface area contributed by atoms with Crippen molar-refractivity contribution in [1.29, 1.82) is 0 Å². The van der Waals surface area contributed by atoms with Crippen LogP contribution in [-0.4, -0.2) is 29.5 Å². The highest BCUT2D eigenvalue weighted by Gasteiger charge is 2.19. The molecule has 1 heterocycles. The average Bonchev–Trinajstić information content (AvgIpc) is 3.18. The first-order valence-electron chi connectivity index (χ1n) is 9.55. The molecule has 152 valence electrons. The van der Waals surface area contributed by atoms with E-state index in [2.05, 4.69) is 15.3 Å². The van der Waals surface area contributed by atoms with Gasteiger partial charge >= 0.3 is 0 Å². The second kappa shape index (κ2) is 7.76. The van der Waals surface area contributed by atoms with E-state index in [9.17, 15) is 13.2 Å². The van der Waals surface area contributed by atoms with Gasteiger partial charge in [0.15, 0.2) is 9.84 Å². The fraction of sp³-hybridized carbons (Fsp3) is 0.130. The largest absolute Gasteiger partial charge is 0.338 e. The number of fused-ring (bicyclic) bond motifs is 1. The Kier molecular flexibility index (Phi) is 5.13. The van der Waals surface area contributed by atoms with Crippen LogP contribution in [0.5, 0.6) is 0 Å². The molecule has 6 nitrogen and oxygen atoms in total. The van der Waals surface area contributed by atoms with Crippen LogP contribution in [0, 0.1) is 0 Å². The number of nitrogens with zero attached hydrogens (tertiary/aromatic N) is 1. The second-order valence-corrected chi connectivity index (χ2v) is 9.76. The lowest BCUT2D eigenvalue weighted by Gasteiger charge is -2.09. The molecule has 0 saturated heterocycles. The minimum atomic E-state index is -3.37. The first-order valence-corrected chi connectivity index (χ1v) is 11.1. The number of rotatable bonds is 5. The van der Waals surface area contributed by atoms with Crippen molar-refractivity contribution in [1.82, 2.24) is 9.97 Å². The van der Waals surface area contributed by atoms with Gasteiger partial charge in [0.25, 0.3) is 5.91 Å². The van der Waals surface area contributed by atoms with Crippen LogP contribution in [0.3, 0.4) is 0 Å². The number of para-hydroxylation sites is 2. The molecule has 2 N–H and O–H groups in total. The van der Waals surface area contributed by atoms with E-state index in [-0.39, 0.29) is 10.8 Å². The number of carbonyl (C=O) groups is 1. The molecule has 3 aromatic carbocycles. The summed E-state index contributed by atoms with van der Waals surface area (Å²) in [7, 11) is -3.37. The van der Waals surface area contributed by atoms with Crippen LogP contribution in [0.15, 0.2) is 77.7 Å². The molecule has 0 aliphatic rings. The molecule has 7 heteroatoms. The number of sulfone groups is 1. The van der Waals surface area contributed by atoms with Crippen molar-refractivity contribution in [3.05, 3.63) is 78.4 Å². The Morgan fingerprint density at radius 1 is 0.967 bits per heavy atom. The van der Waals surface area contributed by atoms with Gasteiger partial charge < -0.3 is 10.3 Å². The molecule has 0 atom stereocenters. The van der Waals surface area contributed by atoms with Gasteiger partial charge in [0.1, 0.15) is 5.82 Å². The lowest BCUT2D eigenvalue weighted by Crippen LogP contribution is -2.15. The van der Waals surface area contributed by atoms with Gasteiger partial charge in [0.2, 0.25) is 0 Å². The number of anilines is 1. The Morgan fingerprint density at radius 3 is 2.40 bits per heavy atom. The van der Waals surface area contributed by atoms with Crippen molar-refractivity contribution in [2.45, 2.75) is 24.0 Å². The highest BCUT2D eigenvalue weighted by molar-refractivity contribution is 7.92. The smallest absolute Gasteiger partial charge is 0.255 e. The standard InChI is InChI=1S/C23H21N3O3S/c1-15(2)30(28,29)19-12-10-16(11-13-19)23(27)24-18-7-5-6-17(14-18)22-25-20-8-3-4-9-21(20)26-22/h3-15H,1-2H3,(H,24,27)(H,25,26). The minimum absolute atomic E-state index is 0.209. The fourth-order valence-corrected chi connectivity index (χ4v) is 4.16. The number of hydrogen-bond acceptors (Lipinski definition) is 4. The molecule has 1 amide bonds. The van der Waals surface area contributed by atoms with Gasteiger partial charge in [-0.3, -0.25) is 4.79 Å². The Hall–Kier alpha value is -3.45. The molecule has 4 rings (SSSR count).